The topological polar surface area (TPSA) is 114 Å². The Hall–Kier alpha value is -2.61. The molecule has 0 unspecified atom stereocenters. The number of fused-ring (bicyclic) bond motifs is 2. The van der Waals surface area contributed by atoms with Gasteiger partial charge in [0, 0.05) is 5.56 Å². The number of aliphatic carboxylic acids is 1. The third-order valence-corrected chi connectivity index (χ3v) is 5.04. The third-order valence-electron chi connectivity index (χ3n) is 5.04. The van der Waals surface area contributed by atoms with Crippen LogP contribution in [-0.4, -0.2) is 41.7 Å². The van der Waals surface area contributed by atoms with Gasteiger partial charge in [0.15, 0.2) is 0 Å². The molecule has 4 atom stereocenters. The molecule has 0 radical (unpaired) electrons. The average molecular weight is 376 g/mol. The molecule has 1 aromatic rings. The van der Waals surface area contributed by atoms with Gasteiger partial charge in [-0.3, -0.25) is 25.2 Å². The second kappa shape index (κ2) is 8.39. The van der Waals surface area contributed by atoms with Crippen LogP contribution in [0, 0.1) is 11.8 Å². The Morgan fingerprint density at radius 1 is 1.11 bits per heavy atom. The van der Waals surface area contributed by atoms with Crippen LogP contribution in [0.3, 0.4) is 0 Å². The van der Waals surface area contributed by atoms with E-state index >= 15 is 0 Å². The minimum Gasteiger partial charge on any atom is -0.494 e. The molecule has 2 bridgehead atoms. The fourth-order valence-corrected chi connectivity index (χ4v) is 3.64. The van der Waals surface area contributed by atoms with Crippen molar-refractivity contribution in [1.82, 2.24) is 10.9 Å². The SMILES string of the molecule is CCCCOc1ccc(C(=O)NNC(=O)[C@@H]2[C@@H](C(=O)O)[C@H]3CC[C@H]2O3)cc1. The van der Waals surface area contributed by atoms with Gasteiger partial charge in [-0.1, -0.05) is 13.3 Å². The first-order chi connectivity index (χ1) is 13.0. The van der Waals surface area contributed by atoms with E-state index < -0.39 is 41.8 Å². The van der Waals surface area contributed by atoms with Gasteiger partial charge in [0.2, 0.25) is 5.91 Å². The Balaban J connectivity index is 1.53. The maximum Gasteiger partial charge on any atom is 0.310 e. The van der Waals surface area contributed by atoms with Crippen LogP contribution in [0.4, 0.5) is 0 Å². The molecule has 27 heavy (non-hydrogen) atoms. The highest BCUT2D eigenvalue weighted by atomic mass is 16.5. The van der Waals surface area contributed by atoms with Crippen molar-refractivity contribution >= 4 is 17.8 Å². The van der Waals surface area contributed by atoms with Crippen LogP contribution in [0.5, 0.6) is 5.75 Å². The second-order valence-electron chi connectivity index (χ2n) is 6.85. The molecular formula is C19H24N2O6. The van der Waals surface area contributed by atoms with Gasteiger partial charge in [0.25, 0.3) is 5.91 Å². The highest BCUT2D eigenvalue weighted by molar-refractivity contribution is 5.96. The molecule has 1 aromatic carbocycles. The minimum absolute atomic E-state index is 0.358. The second-order valence-corrected chi connectivity index (χ2v) is 6.85. The number of amides is 2. The number of unbranched alkanes of at least 4 members (excludes halogenated alkanes) is 1. The van der Waals surface area contributed by atoms with Crippen molar-refractivity contribution in [2.45, 2.75) is 44.8 Å². The number of benzene rings is 1. The van der Waals surface area contributed by atoms with Crippen molar-refractivity contribution in [3.63, 3.8) is 0 Å². The summed E-state index contributed by atoms with van der Waals surface area (Å²) in [6.45, 7) is 2.70. The lowest BCUT2D eigenvalue weighted by molar-refractivity contribution is -0.148. The van der Waals surface area contributed by atoms with E-state index in [1.54, 1.807) is 24.3 Å². The molecule has 2 saturated heterocycles. The first kappa shape index (κ1) is 19.2. The Kier molecular flexibility index (Phi) is 5.95. The number of carboxylic acid groups (broad SMARTS) is 1. The molecule has 2 aliphatic rings. The van der Waals surface area contributed by atoms with Gasteiger partial charge in [-0.15, -0.1) is 0 Å². The van der Waals surface area contributed by atoms with E-state index in [9.17, 15) is 19.5 Å². The van der Waals surface area contributed by atoms with Crippen molar-refractivity contribution in [1.29, 1.82) is 0 Å². The summed E-state index contributed by atoms with van der Waals surface area (Å²) in [4.78, 5) is 36.0. The summed E-state index contributed by atoms with van der Waals surface area (Å²) >= 11 is 0. The predicted octanol–water partition coefficient (Wildman–Crippen LogP) is 1.50. The van der Waals surface area contributed by atoms with Gasteiger partial charge in [0.05, 0.1) is 30.7 Å². The van der Waals surface area contributed by atoms with Crippen LogP contribution in [-0.2, 0) is 14.3 Å². The smallest absolute Gasteiger partial charge is 0.310 e. The van der Waals surface area contributed by atoms with Crippen LogP contribution >= 0.6 is 0 Å². The zero-order valence-electron chi connectivity index (χ0n) is 15.1. The van der Waals surface area contributed by atoms with E-state index in [1.807, 2.05) is 0 Å². The maximum absolute atomic E-state index is 12.4. The highest BCUT2D eigenvalue weighted by Crippen LogP contribution is 2.43. The van der Waals surface area contributed by atoms with Crippen LogP contribution in [0.2, 0.25) is 0 Å². The number of carbonyl (C=O) groups is 3. The molecule has 0 aromatic heterocycles. The number of ether oxygens (including phenoxy) is 2. The van der Waals surface area contributed by atoms with E-state index in [-0.39, 0.29) is 0 Å². The molecule has 8 heteroatoms. The molecular weight excluding hydrogens is 352 g/mol. The Bertz CT molecular complexity index is 705. The van der Waals surface area contributed by atoms with Crippen molar-refractivity contribution < 1.29 is 29.0 Å². The number of hydrogen-bond donors (Lipinski definition) is 3. The van der Waals surface area contributed by atoms with E-state index in [1.165, 1.54) is 0 Å². The summed E-state index contributed by atoms with van der Waals surface area (Å²) in [5.74, 6) is -3.07. The number of nitrogens with one attached hydrogen (secondary N) is 2. The summed E-state index contributed by atoms with van der Waals surface area (Å²) in [7, 11) is 0. The van der Waals surface area contributed by atoms with Gasteiger partial charge in [-0.2, -0.15) is 0 Å². The standard InChI is InChI=1S/C19H24N2O6/c1-2-3-10-26-12-6-4-11(5-7-12)17(22)20-21-18(23)15-13-8-9-14(27-13)16(15)19(24)25/h4-7,13-16H,2-3,8-10H2,1H3,(H,20,22)(H,21,23)(H,24,25)/t13-,14-,15+,16+/m1/s1. The van der Waals surface area contributed by atoms with Crippen molar-refractivity contribution in [2.24, 2.45) is 11.8 Å². The summed E-state index contributed by atoms with van der Waals surface area (Å²) < 4.78 is 11.1. The van der Waals surface area contributed by atoms with E-state index in [0.29, 0.717) is 30.8 Å². The number of hydrazine groups is 1. The molecule has 8 nitrogen and oxygen atoms in total. The monoisotopic (exact) mass is 376 g/mol. The number of rotatable bonds is 7. The Morgan fingerprint density at radius 2 is 1.78 bits per heavy atom. The van der Waals surface area contributed by atoms with E-state index in [2.05, 4.69) is 17.8 Å². The lowest BCUT2D eigenvalue weighted by Crippen LogP contribution is -2.50. The molecule has 0 aliphatic carbocycles. The van der Waals surface area contributed by atoms with E-state index in [4.69, 9.17) is 9.47 Å². The zero-order chi connectivity index (χ0) is 19.4. The summed E-state index contributed by atoms with van der Waals surface area (Å²) in [5.41, 5.74) is 5.03. The Morgan fingerprint density at radius 3 is 2.41 bits per heavy atom. The number of hydrogen-bond acceptors (Lipinski definition) is 5. The summed E-state index contributed by atoms with van der Waals surface area (Å²) in [6.07, 6.45) is 2.45. The first-order valence-electron chi connectivity index (χ1n) is 9.22. The van der Waals surface area contributed by atoms with Crippen LogP contribution in [0.25, 0.3) is 0 Å². The molecule has 2 amide bonds. The normalized spacial score (nSPS) is 25.8. The maximum atomic E-state index is 12.4. The van der Waals surface area contributed by atoms with Crippen LogP contribution < -0.4 is 15.6 Å². The minimum atomic E-state index is -1.05. The largest absolute Gasteiger partial charge is 0.494 e. The van der Waals surface area contributed by atoms with Crippen molar-refractivity contribution in [3.8, 4) is 5.75 Å². The zero-order valence-corrected chi connectivity index (χ0v) is 15.1. The molecule has 146 valence electrons. The van der Waals surface area contributed by atoms with Crippen LogP contribution in [0.1, 0.15) is 43.0 Å². The van der Waals surface area contributed by atoms with Gasteiger partial charge in [0.1, 0.15) is 5.75 Å². The summed E-state index contributed by atoms with van der Waals surface area (Å²) in [6, 6.07) is 6.58. The molecule has 0 saturated carbocycles. The average Bonchev–Trinajstić information content (AvgIpc) is 3.28. The van der Waals surface area contributed by atoms with E-state index in [0.717, 1.165) is 12.8 Å². The van der Waals surface area contributed by atoms with Crippen LogP contribution in [0.15, 0.2) is 24.3 Å². The quantitative estimate of drug-likeness (QED) is 0.491. The van der Waals surface area contributed by atoms with Gasteiger partial charge < -0.3 is 14.6 Å². The molecule has 0 spiro atoms. The van der Waals surface area contributed by atoms with Gasteiger partial charge >= 0.3 is 5.97 Å². The fraction of sp³-hybridized carbons (Fsp3) is 0.526. The lowest BCUT2D eigenvalue weighted by atomic mass is 9.79. The number of carbonyl (C=O) groups excluding carboxylic acids is 2. The molecule has 3 rings (SSSR count). The summed E-state index contributed by atoms with van der Waals surface area (Å²) in [5, 5.41) is 9.35. The van der Waals surface area contributed by atoms with Gasteiger partial charge in [-0.05, 0) is 43.5 Å². The number of carboxylic acids is 1. The molecule has 2 aliphatic heterocycles. The highest BCUT2D eigenvalue weighted by Gasteiger charge is 2.55. The van der Waals surface area contributed by atoms with Crippen molar-refractivity contribution in [3.05, 3.63) is 29.8 Å². The third kappa shape index (κ3) is 4.21. The van der Waals surface area contributed by atoms with Gasteiger partial charge in [-0.25, -0.2) is 0 Å². The predicted molar refractivity (Wildman–Crippen MR) is 95.0 cm³/mol. The molecule has 2 fully saturated rings. The molecule has 2 heterocycles. The first-order valence-corrected chi connectivity index (χ1v) is 9.22. The van der Waals surface area contributed by atoms with Crippen molar-refractivity contribution in [2.75, 3.05) is 6.61 Å². The lowest BCUT2D eigenvalue weighted by Gasteiger charge is -2.23. The fourth-order valence-electron chi connectivity index (χ4n) is 3.64. The molecule has 3 N–H and O–H groups in total. The Labute approximate surface area is 157 Å².